The van der Waals surface area contributed by atoms with Crippen molar-refractivity contribution in [3.63, 3.8) is 0 Å². The molecule has 0 aromatic heterocycles. The first-order chi connectivity index (χ1) is 10.2. The maximum absolute atomic E-state index is 10.3. The minimum atomic E-state index is -0.387. The number of fused-ring (bicyclic) bond motifs is 1. The van der Waals surface area contributed by atoms with Gasteiger partial charge in [-0.3, -0.25) is 0 Å². The Labute approximate surface area is 126 Å². The van der Waals surface area contributed by atoms with Gasteiger partial charge in [0.2, 0.25) is 0 Å². The van der Waals surface area contributed by atoms with Gasteiger partial charge in [0.05, 0.1) is 13.2 Å². The predicted molar refractivity (Wildman–Crippen MR) is 81.9 cm³/mol. The van der Waals surface area contributed by atoms with Gasteiger partial charge in [-0.05, 0) is 61.9 Å². The molecule has 2 fully saturated rings. The summed E-state index contributed by atoms with van der Waals surface area (Å²) in [5.41, 5.74) is 1.23. The van der Waals surface area contributed by atoms with Gasteiger partial charge in [0, 0.05) is 0 Å². The second-order valence-corrected chi connectivity index (χ2v) is 6.21. The lowest BCUT2D eigenvalue weighted by Crippen LogP contribution is -2.42. The van der Waals surface area contributed by atoms with Gasteiger partial charge >= 0.3 is 0 Å². The Balaban J connectivity index is 1.73. The van der Waals surface area contributed by atoms with Crippen molar-refractivity contribution in [2.24, 2.45) is 11.8 Å². The Hall–Kier alpha value is -1.26. The standard InChI is InChI=1S/C17H25NO3/c1-3-11-4-5-15(17(6-11)20-2)21-16-8-13-10-18-9-12(13)7-14(16)19/h4-6,12-14,16,18-19H,3,7-10H2,1-2H3/t12-,13+,14+,16+/m0/s1. The average molecular weight is 291 g/mol. The third-order valence-electron chi connectivity index (χ3n) is 4.90. The first-order valence-electron chi connectivity index (χ1n) is 7.93. The highest BCUT2D eigenvalue weighted by molar-refractivity contribution is 5.43. The first-order valence-corrected chi connectivity index (χ1v) is 7.93. The second-order valence-electron chi connectivity index (χ2n) is 6.21. The summed E-state index contributed by atoms with van der Waals surface area (Å²) in [4.78, 5) is 0. The van der Waals surface area contributed by atoms with Gasteiger partial charge < -0.3 is 19.9 Å². The van der Waals surface area contributed by atoms with Crippen molar-refractivity contribution >= 4 is 0 Å². The zero-order valence-electron chi connectivity index (χ0n) is 12.8. The molecule has 2 aliphatic rings. The zero-order valence-corrected chi connectivity index (χ0v) is 12.8. The van der Waals surface area contributed by atoms with Crippen LogP contribution in [0.1, 0.15) is 25.3 Å². The molecule has 116 valence electrons. The highest BCUT2D eigenvalue weighted by atomic mass is 16.5. The van der Waals surface area contributed by atoms with Crippen LogP contribution in [-0.2, 0) is 6.42 Å². The molecule has 1 aliphatic heterocycles. The second kappa shape index (κ2) is 6.24. The van der Waals surface area contributed by atoms with Crippen LogP contribution in [0, 0.1) is 11.8 Å². The Kier molecular flexibility index (Phi) is 4.36. The number of hydrogen-bond donors (Lipinski definition) is 2. The molecule has 21 heavy (non-hydrogen) atoms. The van der Waals surface area contributed by atoms with Crippen molar-refractivity contribution in [3.05, 3.63) is 23.8 Å². The van der Waals surface area contributed by atoms with Crippen molar-refractivity contribution in [2.75, 3.05) is 20.2 Å². The summed E-state index contributed by atoms with van der Waals surface area (Å²) in [6.07, 6.45) is 2.20. The van der Waals surface area contributed by atoms with E-state index in [4.69, 9.17) is 9.47 Å². The molecule has 0 amide bonds. The molecule has 4 atom stereocenters. The first kappa shape index (κ1) is 14.7. The summed E-state index contributed by atoms with van der Waals surface area (Å²) in [6, 6.07) is 6.04. The molecule has 1 aromatic carbocycles. The lowest BCUT2D eigenvalue weighted by molar-refractivity contribution is -0.0240. The molecule has 0 bridgehead atoms. The van der Waals surface area contributed by atoms with Gasteiger partial charge in [-0.2, -0.15) is 0 Å². The molecule has 0 spiro atoms. The minimum Gasteiger partial charge on any atom is -0.493 e. The largest absolute Gasteiger partial charge is 0.493 e. The molecule has 0 radical (unpaired) electrons. The van der Waals surface area contributed by atoms with Crippen molar-refractivity contribution in [1.29, 1.82) is 0 Å². The molecule has 1 saturated heterocycles. The van der Waals surface area contributed by atoms with Crippen LogP contribution in [0.3, 0.4) is 0 Å². The summed E-state index contributed by atoms with van der Waals surface area (Å²) in [5.74, 6) is 2.72. The van der Waals surface area contributed by atoms with Crippen molar-refractivity contribution in [2.45, 2.75) is 38.4 Å². The molecular formula is C17H25NO3. The van der Waals surface area contributed by atoms with Crippen LogP contribution in [0.4, 0.5) is 0 Å². The van der Waals surface area contributed by atoms with Crippen LogP contribution in [-0.4, -0.2) is 37.5 Å². The van der Waals surface area contributed by atoms with Crippen LogP contribution in [0.25, 0.3) is 0 Å². The quantitative estimate of drug-likeness (QED) is 0.891. The predicted octanol–water partition coefficient (Wildman–Crippen LogP) is 2.00. The van der Waals surface area contributed by atoms with Crippen molar-refractivity contribution < 1.29 is 14.6 Å². The van der Waals surface area contributed by atoms with Crippen LogP contribution < -0.4 is 14.8 Å². The van der Waals surface area contributed by atoms with E-state index in [9.17, 15) is 5.11 Å². The number of ether oxygens (including phenoxy) is 2. The van der Waals surface area contributed by atoms with E-state index in [0.29, 0.717) is 11.8 Å². The Bertz CT molecular complexity index is 491. The highest BCUT2D eigenvalue weighted by Crippen LogP contribution is 2.37. The molecular weight excluding hydrogens is 266 g/mol. The topological polar surface area (TPSA) is 50.7 Å². The molecule has 3 rings (SSSR count). The number of rotatable bonds is 4. The normalized spacial score (nSPS) is 31.8. The number of methoxy groups -OCH3 is 1. The van der Waals surface area contributed by atoms with Gasteiger partial charge in [0.25, 0.3) is 0 Å². The third-order valence-corrected chi connectivity index (χ3v) is 4.90. The SMILES string of the molecule is CCc1ccc(O[C@@H]2C[C@@H]3CNC[C@@H]3C[C@H]2O)c(OC)c1. The summed E-state index contributed by atoms with van der Waals surface area (Å²) < 4.78 is 11.5. The summed E-state index contributed by atoms with van der Waals surface area (Å²) in [7, 11) is 1.66. The molecule has 4 heteroatoms. The third kappa shape index (κ3) is 3.01. The van der Waals surface area contributed by atoms with Gasteiger partial charge in [0.15, 0.2) is 11.5 Å². The van der Waals surface area contributed by atoms with E-state index in [0.717, 1.165) is 43.9 Å². The summed E-state index contributed by atoms with van der Waals surface area (Å²) >= 11 is 0. The van der Waals surface area contributed by atoms with Crippen molar-refractivity contribution in [3.8, 4) is 11.5 Å². The van der Waals surface area contributed by atoms with E-state index in [1.807, 2.05) is 12.1 Å². The fourth-order valence-electron chi connectivity index (χ4n) is 3.58. The number of aryl methyl sites for hydroxylation is 1. The Morgan fingerprint density at radius 3 is 2.67 bits per heavy atom. The van der Waals surface area contributed by atoms with E-state index in [-0.39, 0.29) is 12.2 Å². The zero-order chi connectivity index (χ0) is 14.8. The lowest BCUT2D eigenvalue weighted by Gasteiger charge is -2.35. The Morgan fingerprint density at radius 1 is 1.19 bits per heavy atom. The number of aliphatic hydroxyl groups is 1. The Morgan fingerprint density at radius 2 is 1.95 bits per heavy atom. The maximum Gasteiger partial charge on any atom is 0.161 e. The smallest absolute Gasteiger partial charge is 0.161 e. The summed E-state index contributed by atoms with van der Waals surface area (Å²) in [5, 5.41) is 13.8. The molecule has 2 N–H and O–H groups in total. The maximum atomic E-state index is 10.3. The van der Waals surface area contributed by atoms with E-state index < -0.39 is 0 Å². The van der Waals surface area contributed by atoms with Crippen LogP contribution >= 0.6 is 0 Å². The molecule has 4 nitrogen and oxygen atoms in total. The monoisotopic (exact) mass is 291 g/mol. The fourth-order valence-corrected chi connectivity index (χ4v) is 3.58. The molecule has 1 saturated carbocycles. The summed E-state index contributed by atoms with van der Waals surface area (Å²) in [6.45, 7) is 4.19. The van der Waals surface area contributed by atoms with Crippen LogP contribution in [0.15, 0.2) is 18.2 Å². The van der Waals surface area contributed by atoms with Crippen LogP contribution in [0.2, 0.25) is 0 Å². The van der Waals surface area contributed by atoms with Gasteiger partial charge in [-0.25, -0.2) is 0 Å². The molecule has 1 aromatic rings. The molecule has 0 unspecified atom stereocenters. The number of benzene rings is 1. The van der Waals surface area contributed by atoms with E-state index in [1.165, 1.54) is 5.56 Å². The van der Waals surface area contributed by atoms with E-state index in [2.05, 4.69) is 18.3 Å². The van der Waals surface area contributed by atoms with Gasteiger partial charge in [-0.1, -0.05) is 13.0 Å². The number of nitrogens with one attached hydrogen (secondary N) is 1. The number of hydrogen-bond acceptors (Lipinski definition) is 4. The van der Waals surface area contributed by atoms with Crippen molar-refractivity contribution in [1.82, 2.24) is 5.32 Å². The average Bonchev–Trinajstić information content (AvgIpc) is 2.95. The number of aliphatic hydroxyl groups excluding tert-OH is 1. The highest BCUT2D eigenvalue weighted by Gasteiger charge is 2.40. The fraction of sp³-hybridized carbons (Fsp3) is 0.647. The molecule has 1 aliphatic carbocycles. The molecule has 1 heterocycles. The van der Waals surface area contributed by atoms with Gasteiger partial charge in [-0.15, -0.1) is 0 Å². The van der Waals surface area contributed by atoms with Gasteiger partial charge in [0.1, 0.15) is 6.10 Å². The van der Waals surface area contributed by atoms with Crippen LogP contribution in [0.5, 0.6) is 11.5 Å². The lowest BCUT2D eigenvalue weighted by atomic mass is 9.78. The van der Waals surface area contributed by atoms with E-state index >= 15 is 0 Å². The minimum absolute atomic E-state index is 0.132. The van der Waals surface area contributed by atoms with E-state index in [1.54, 1.807) is 7.11 Å².